The fraction of sp³-hybridized carbons (Fsp3) is 0.0385. The first-order valence-electron chi connectivity index (χ1n) is 10.5. The Bertz CT molecular complexity index is 1980. The van der Waals surface area contributed by atoms with Crippen LogP contribution in [0.1, 0.15) is 11.8 Å². The van der Waals surface area contributed by atoms with E-state index in [1.54, 1.807) is 4.40 Å². The molecule has 0 spiro atoms. The number of hydrogen-bond donors (Lipinski definition) is 1. The van der Waals surface area contributed by atoms with Crippen molar-refractivity contribution < 1.29 is 5.11 Å². The van der Waals surface area contributed by atoms with Gasteiger partial charge in [-0.15, -0.1) is 0 Å². The number of hydrogen-bond acceptors (Lipinski definition) is 4. The molecule has 0 amide bonds. The van der Waals surface area contributed by atoms with Crippen molar-refractivity contribution in [2.45, 2.75) is 6.23 Å². The number of nitrogens with zero attached hydrogens (tertiary/aromatic N) is 4. The topological polar surface area (TPSA) is 72.4 Å². The fourth-order valence-corrected chi connectivity index (χ4v) is 5.44. The van der Waals surface area contributed by atoms with Gasteiger partial charge in [0.1, 0.15) is 11.5 Å². The lowest BCUT2D eigenvalue weighted by atomic mass is 9.91. The second-order valence-corrected chi connectivity index (χ2v) is 8.35. The van der Waals surface area contributed by atoms with Crippen molar-refractivity contribution in [1.29, 1.82) is 0 Å². The Morgan fingerprint density at radius 2 is 1.47 bits per heavy atom. The highest BCUT2D eigenvalue weighted by Gasteiger charge is 2.30. The Labute approximate surface area is 179 Å². The average molecular weight is 414 g/mol. The third kappa shape index (κ3) is 1.71. The Kier molecular flexibility index (Phi) is 2.72. The van der Waals surface area contributed by atoms with Gasteiger partial charge in [-0.2, -0.15) is 0 Å². The molecule has 0 bridgehead atoms. The molecule has 0 fully saturated rings. The van der Waals surface area contributed by atoms with Gasteiger partial charge in [-0.1, -0.05) is 36.4 Å². The lowest BCUT2D eigenvalue weighted by Crippen LogP contribution is -2.18. The number of aliphatic hydroxyl groups is 1. The van der Waals surface area contributed by atoms with Gasteiger partial charge in [0, 0.05) is 32.7 Å². The maximum Gasteiger partial charge on any atom is 0.264 e. The van der Waals surface area contributed by atoms with Gasteiger partial charge in [0.15, 0.2) is 6.23 Å². The minimum atomic E-state index is -0.884. The highest BCUT2D eigenvalue weighted by molar-refractivity contribution is 6.20. The van der Waals surface area contributed by atoms with E-state index in [1.807, 2.05) is 77.4 Å². The Morgan fingerprint density at radius 1 is 0.750 bits per heavy atom. The molecule has 0 aliphatic carbocycles. The van der Waals surface area contributed by atoms with Gasteiger partial charge in [0.05, 0.1) is 22.1 Å². The second kappa shape index (κ2) is 5.30. The summed E-state index contributed by atoms with van der Waals surface area (Å²) in [6.07, 6.45) is -0.884. The zero-order valence-corrected chi connectivity index (χ0v) is 16.6. The molecule has 1 aliphatic rings. The quantitative estimate of drug-likeness (QED) is 0.398. The van der Waals surface area contributed by atoms with Crippen LogP contribution in [-0.4, -0.2) is 24.0 Å². The van der Waals surface area contributed by atoms with Gasteiger partial charge in [-0.05, 0) is 36.4 Å². The SMILES string of the molecule is O=c1c2ccc3c4c(ccc(c42)c2nc4ccccc4n12)C(O)n1c-3nc2ccccc21. The number of para-hydroxylation sites is 4. The molecule has 1 aliphatic heterocycles. The van der Waals surface area contributed by atoms with E-state index in [-0.39, 0.29) is 5.56 Å². The monoisotopic (exact) mass is 414 g/mol. The molecule has 6 heteroatoms. The highest BCUT2D eigenvalue weighted by atomic mass is 16.3. The third-order valence-corrected chi connectivity index (χ3v) is 6.79. The zero-order valence-electron chi connectivity index (χ0n) is 16.6. The van der Waals surface area contributed by atoms with Gasteiger partial charge in [0.2, 0.25) is 0 Å². The van der Waals surface area contributed by atoms with E-state index < -0.39 is 6.23 Å². The van der Waals surface area contributed by atoms with Crippen LogP contribution in [0, 0.1) is 0 Å². The molecule has 6 nitrogen and oxygen atoms in total. The lowest BCUT2D eigenvalue weighted by Gasteiger charge is -2.26. The summed E-state index contributed by atoms with van der Waals surface area (Å²) in [6, 6.07) is 23.3. The summed E-state index contributed by atoms with van der Waals surface area (Å²) in [5.74, 6) is 0.710. The van der Waals surface area contributed by atoms with E-state index in [0.717, 1.165) is 49.4 Å². The van der Waals surface area contributed by atoms with Gasteiger partial charge < -0.3 is 5.11 Å². The second-order valence-electron chi connectivity index (χ2n) is 8.35. The number of aliphatic hydroxyl groups excluding tert-OH is 1. The van der Waals surface area contributed by atoms with Crippen LogP contribution in [-0.2, 0) is 0 Å². The van der Waals surface area contributed by atoms with Crippen molar-refractivity contribution in [2.75, 3.05) is 0 Å². The number of rotatable bonds is 0. The minimum absolute atomic E-state index is 0.0986. The van der Waals surface area contributed by atoms with Crippen molar-refractivity contribution in [3.05, 3.63) is 88.7 Å². The van der Waals surface area contributed by atoms with Crippen LogP contribution in [0.15, 0.2) is 77.6 Å². The molecule has 8 rings (SSSR count). The maximum atomic E-state index is 13.6. The van der Waals surface area contributed by atoms with Gasteiger partial charge in [0.25, 0.3) is 5.56 Å². The molecule has 1 unspecified atom stereocenters. The standard InChI is InChI=1S/C26H14N4O2/c31-25-15-12-10-14-22-16(26(32)30-20-8-4-2-6-18(20)28-24(14)30)11-9-13(21(15)22)23-27-17-5-1-3-7-19(17)29(23)25/h1-12,25,31H. The number of benzene rings is 4. The Balaban J connectivity index is 1.63. The summed E-state index contributed by atoms with van der Waals surface area (Å²) in [4.78, 5) is 23.2. The Hall–Kier alpha value is -4.29. The molecule has 7 aromatic rings. The molecule has 1 atom stereocenters. The summed E-state index contributed by atoms with van der Waals surface area (Å²) in [7, 11) is 0. The molecule has 32 heavy (non-hydrogen) atoms. The van der Waals surface area contributed by atoms with Crippen LogP contribution in [0.25, 0.3) is 60.6 Å². The van der Waals surface area contributed by atoms with Crippen molar-refractivity contribution in [3.8, 4) is 11.4 Å². The van der Waals surface area contributed by atoms with Crippen LogP contribution < -0.4 is 5.56 Å². The highest BCUT2D eigenvalue weighted by Crippen LogP contribution is 2.45. The molecule has 0 saturated carbocycles. The van der Waals surface area contributed by atoms with Crippen LogP contribution in [0.4, 0.5) is 0 Å². The van der Waals surface area contributed by atoms with E-state index in [2.05, 4.69) is 0 Å². The smallest absolute Gasteiger partial charge is 0.264 e. The summed E-state index contributed by atoms with van der Waals surface area (Å²) in [5.41, 5.74) is 5.53. The summed E-state index contributed by atoms with van der Waals surface area (Å²) in [5, 5.41) is 14.6. The third-order valence-electron chi connectivity index (χ3n) is 6.79. The van der Waals surface area contributed by atoms with E-state index >= 15 is 0 Å². The fourth-order valence-electron chi connectivity index (χ4n) is 5.44. The molecule has 4 heterocycles. The normalized spacial score (nSPS) is 15.5. The van der Waals surface area contributed by atoms with Crippen LogP contribution in [0.3, 0.4) is 0 Å². The predicted octanol–water partition coefficient (Wildman–Crippen LogP) is 4.46. The number of fused-ring (bicyclic) bond motifs is 8. The van der Waals surface area contributed by atoms with E-state index in [1.165, 1.54) is 0 Å². The molecule has 1 N–H and O–H groups in total. The number of imidazole rings is 2. The maximum absolute atomic E-state index is 13.6. The number of pyridine rings is 1. The molecular weight excluding hydrogens is 400 g/mol. The Morgan fingerprint density at radius 3 is 2.31 bits per heavy atom. The van der Waals surface area contributed by atoms with E-state index in [0.29, 0.717) is 16.9 Å². The summed E-state index contributed by atoms with van der Waals surface area (Å²) < 4.78 is 3.57. The van der Waals surface area contributed by atoms with Gasteiger partial charge in [-0.3, -0.25) is 13.8 Å². The molecule has 150 valence electrons. The summed E-state index contributed by atoms with van der Waals surface area (Å²) in [6.45, 7) is 0. The number of aromatic nitrogens is 4. The van der Waals surface area contributed by atoms with Crippen LogP contribution >= 0.6 is 0 Å². The van der Waals surface area contributed by atoms with E-state index in [9.17, 15) is 9.90 Å². The molecule has 0 saturated heterocycles. The minimum Gasteiger partial charge on any atom is -0.369 e. The van der Waals surface area contributed by atoms with Crippen molar-refractivity contribution in [2.24, 2.45) is 0 Å². The first-order valence-corrected chi connectivity index (χ1v) is 10.5. The largest absolute Gasteiger partial charge is 0.369 e. The molecule has 0 radical (unpaired) electrons. The van der Waals surface area contributed by atoms with E-state index in [4.69, 9.17) is 9.97 Å². The van der Waals surface area contributed by atoms with Crippen molar-refractivity contribution in [1.82, 2.24) is 18.9 Å². The van der Waals surface area contributed by atoms with Crippen LogP contribution in [0.2, 0.25) is 0 Å². The van der Waals surface area contributed by atoms with Gasteiger partial charge in [-0.25, -0.2) is 9.97 Å². The first kappa shape index (κ1) is 16.4. The predicted molar refractivity (Wildman–Crippen MR) is 124 cm³/mol. The van der Waals surface area contributed by atoms with Crippen LogP contribution in [0.5, 0.6) is 0 Å². The van der Waals surface area contributed by atoms with Crippen molar-refractivity contribution in [3.63, 3.8) is 0 Å². The molecule has 3 aromatic heterocycles. The average Bonchev–Trinajstić information content (AvgIpc) is 3.40. The molecule has 4 aromatic carbocycles. The lowest BCUT2D eigenvalue weighted by molar-refractivity contribution is 0.152. The first-order chi connectivity index (χ1) is 15.7. The van der Waals surface area contributed by atoms with Crippen molar-refractivity contribution >= 4 is 49.3 Å². The zero-order chi connectivity index (χ0) is 21.1. The molecular formula is C26H14N4O2. The van der Waals surface area contributed by atoms with Gasteiger partial charge >= 0.3 is 0 Å². The summed E-state index contributed by atoms with van der Waals surface area (Å²) >= 11 is 0.